The van der Waals surface area contributed by atoms with Gasteiger partial charge in [-0.3, -0.25) is 4.79 Å². The summed E-state index contributed by atoms with van der Waals surface area (Å²) in [6.45, 7) is 0. The lowest BCUT2D eigenvalue weighted by molar-refractivity contribution is -0.116. The van der Waals surface area contributed by atoms with Crippen LogP contribution < -0.4 is 5.32 Å². The molecule has 0 aliphatic rings. The van der Waals surface area contributed by atoms with Crippen LogP contribution in [0.15, 0.2) is 48.5 Å². The highest BCUT2D eigenvalue weighted by Crippen LogP contribution is 2.11. The zero-order chi connectivity index (χ0) is 15.1. The van der Waals surface area contributed by atoms with Crippen LogP contribution in [0.1, 0.15) is 23.1 Å². The molecule has 2 aromatic carbocycles. The summed E-state index contributed by atoms with van der Waals surface area (Å²) in [5.74, 6) is -0.102. The molecule has 0 unspecified atom stereocenters. The summed E-state index contributed by atoms with van der Waals surface area (Å²) in [6.07, 6.45) is 0.957. The minimum absolute atomic E-state index is 0.102. The van der Waals surface area contributed by atoms with Gasteiger partial charge >= 0.3 is 0 Å². The topological polar surface area (TPSA) is 76.7 Å². The number of rotatable bonds is 4. The first-order chi connectivity index (χ1) is 10.2. The van der Waals surface area contributed by atoms with Crippen LogP contribution >= 0.6 is 0 Å². The molecule has 0 heterocycles. The third kappa shape index (κ3) is 4.19. The van der Waals surface area contributed by atoms with Crippen molar-refractivity contribution in [3.05, 3.63) is 65.2 Å². The number of hydrogen-bond acceptors (Lipinski definition) is 3. The molecule has 0 aliphatic heterocycles. The number of nitriles is 2. The third-order valence-corrected chi connectivity index (χ3v) is 3.00. The standard InChI is InChI=1S/C17H13N3O/c18-11-14-6-4-13(5-7-14)8-9-17(21)20-16-3-1-2-15(10-16)12-19/h1-7,10H,8-9H2,(H,20,21). The summed E-state index contributed by atoms with van der Waals surface area (Å²) in [7, 11) is 0. The summed E-state index contributed by atoms with van der Waals surface area (Å²) < 4.78 is 0. The van der Waals surface area contributed by atoms with Crippen molar-refractivity contribution in [3.8, 4) is 12.1 Å². The summed E-state index contributed by atoms with van der Waals surface area (Å²) in [4.78, 5) is 11.9. The first-order valence-electron chi connectivity index (χ1n) is 6.50. The zero-order valence-corrected chi connectivity index (χ0v) is 11.3. The van der Waals surface area contributed by atoms with Gasteiger partial charge in [0.25, 0.3) is 0 Å². The van der Waals surface area contributed by atoms with Gasteiger partial charge in [-0.15, -0.1) is 0 Å². The van der Waals surface area contributed by atoms with Crippen molar-refractivity contribution in [1.29, 1.82) is 10.5 Å². The fraction of sp³-hybridized carbons (Fsp3) is 0.118. The molecular formula is C17H13N3O. The third-order valence-electron chi connectivity index (χ3n) is 3.00. The number of anilines is 1. The van der Waals surface area contributed by atoms with E-state index in [1.165, 1.54) is 0 Å². The summed E-state index contributed by atoms with van der Waals surface area (Å²) in [5.41, 5.74) is 2.75. The van der Waals surface area contributed by atoms with Gasteiger partial charge in [-0.2, -0.15) is 10.5 Å². The van der Waals surface area contributed by atoms with Gasteiger partial charge < -0.3 is 5.32 Å². The van der Waals surface area contributed by atoms with Crippen molar-refractivity contribution in [3.63, 3.8) is 0 Å². The molecule has 0 saturated carbocycles. The van der Waals surface area contributed by atoms with Crippen molar-refractivity contribution in [1.82, 2.24) is 0 Å². The molecule has 0 atom stereocenters. The van der Waals surface area contributed by atoms with Crippen molar-refractivity contribution in [2.45, 2.75) is 12.8 Å². The van der Waals surface area contributed by atoms with E-state index in [2.05, 4.69) is 11.4 Å². The van der Waals surface area contributed by atoms with Gasteiger partial charge in [-0.1, -0.05) is 18.2 Å². The Labute approximate surface area is 123 Å². The molecule has 1 amide bonds. The molecule has 4 nitrogen and oxygen atoms in total. The van der Waals surface area contributed by atoms with Crippen LogP contribution in [0.3, 0.4) is 0 Å². The van der Waals surface area contributed by atoms with Crippen molar-refractivity contribution in [2.24, 2.45) is 0 Å². The van der Waals surface area contributed by atoms with Crippen LogP contribution in [-0.4, -0.2) is 5.91 Å². The van der Waals surface area contributed by atoms with Crippen molar-refractivity contribution >= 4 is 11.6 Å². The Morgan fingerprint density at radius 1 is 1.00 bits per heavy atom. The first-order valence-corrected chi connectivity index (χ1v) is 6.50. The van der Waals surface area contributed by atoms with E-state index in [0.29, 0.717) is 29.7 Å². The zero-order valence-electron chi connectivity index (χ0n) is 11.3. The molecule has 1 N–H and O–H groups in total. The van der Waals surface area contributed by atoms with Crippen LogP contribution in [0.25, 0.3) is 0 Å². The molecule has 4 heteroatoms. The molecule has 0 spiro atoms. The highest BCUT2D eigenvalue weighted by Gasteiger charge is 2.04. The van der Waals surface area contributed by atoms with Gasteiger partial charge in [0.05, 0.1) is 23.3 Å². The lowest BCUT2D eigenvalue weighted by Crippen LogP contribution is -2.12. The minimum atomic E-state index is -0.102. The van der Waals surface area contributed by atoms with E-state index >= 15 is 0 Å². The Balaban J connectivity index is 1.89. The molecule has 2 aromatic rings. The second-order valence-electron chi connectivity index (χ2n) is 4.55. The van der Waals surface area contributed by atoms with Crippen LogP contribution in [0, 0.1) is 22.7 Å². The first kappa shape index (κ1) is 14.3. The van der Waals surface area contributed by atoms with E-state index in [-0.39, 0.29) is 5.91 Å². The lowest BCUT2D eigenvalue weighted by atomic mass is 10.1. The average Bonchev–Trinajstić information content (AvgIpc) is 2.53. The number of benzene rings is 2. The number of carbonyl (C=O) groups is 1. The molecule has 0 radical (unpaired) electrons. The maximum atomic E-state index is 11.9. The summed E-state index contributed by atoms with van der Waals surface area (Å²) in [5, 5.41) is 20.3. The highest BCUT2D eigenvalue weighted by atomic mass is 16.1. The van der Waals surface area contributed by atoms with Gasteiger partial charge in [0.2, 0.25) is 5.91 Å². The fourth-order valence-electron chi connectivity index (χ4n) is 1.89. The van der Waals surface area contributed by atoms with Crippen LogP contribution in [-0.2, 0) is 11.2 Å². The second kappa shape index (κ2) is 6.88. The normalized spacial score (nSPS) is 9.43. The maximum Gasteiger partial charge on any atom is 0.224 e. The van der Waals surface area contributed by atoms with Crippen LogP contribution in [0.5, 0.6) is 0 Å². The molecule has 2 rings (SSSR count). The number of nitrogens with zero attached hydrogens (tertiary/aromatic N) is 2. The minimum Gasteiger partial charge on any atom is -0.326 e. The Bertz CT molecular complexity index is 721. The largest absolute Gasteiger partial charge is 0.326 e. The van der Waals surface area contributed by atoms with Crippen molar-refractivity contribution in [2.75, 3.05) is 5.32 Å². The van der Waals surface area contributed by atoms with E-state index in [4.69, 9.17) is 10.5 Å². The van der Waals surface area contributed by atoms with Gasteiger partial charge in [0.1, 0.15) is 0 Å². The number of hydrogen-bond donors (Lipinski definition) is 1. The molecule has 0 fully saturated rings. The second-order valence-corrected chi connectivity index (χ2v) is 4.55. The molecule has 0 aromatic heterocycles. The van der Waals surface area contributed by atoms with Crippen molar-refractivity contribution < 1.29 is 4.79 Å². The van der Waals surface area contributed by atoms with Gasteiger partial charge in [0, 0.05) is 12.1 Å². The molecule has 0 saturated heterocycles. The molecule has 102 valence electrons. The van der Waals surface area contributed by atoms with E-state index in [9.17, 15) is 4.79 Å². The van der Waals surface area contributed by atoms with Gasteiger partial charge in [0.15, 0.2) is 0 Å². The Hall–Kier alpha value is -3.11. The molecule has 21 heavy (non-hydrogen) atoms. The molecular weight excluding hydrogens is 262 g/mol. The fourth-order valence-corrected chi connectivity index (χ4v) is 1.89. The molecule has 0 bridgehead atoms. The van der Waals surface area contributed by atoms with Gasteiger partial charge in [-0.05, 0) is 42.3 Å². The Morgan fingerprint density at radius 3 is 2.38 bits per heavy atom. The quantitative estimate of drug-likeness (QED) is 0.931. The van der Waals surface area contributed by atoms with E-state index < -0.39 is 0 Å². The lowest BCUT2D eigenvalue weighted by Gasteiger charge is -2.05. The molecule has 0 aliphatic carbocycles. The van der Waals surface area contributed by atoms with E-state index in [1.807, 2.05) is 18.2 Å². The van der Waals surface area contributed by atoms with Crippen LogP contribution in [0.2, 0.25) is 0 Å². The van der Waals surface area contributed by atoms with E-state index in [1.54, 1.807) is 36.4 Å². The number of aryl methyl sites for hydroxylation is 1. The summed E-state index contributed by atoms with van der Waals surface area (Å²) >= 11 is 0. The SMILES string of the molecule is N#Cc1ccc(CCC(=O)Nc2cccc(C#N)c2)cc1. The average molecular weight is 275 g/mol. The predicted molar refractivity (Wildman–Crippen MR) is 79.3 cm³/mol. The Kier molecular flexibility index (Phi) is 4.69. The maximum absolute atomic E-state index is 11.9. The van der Waals surface area contributed by atoms with Crippen LogP contribution in [0.4, 0.5) is 5.69 Å². The number of amides is 1. The predicted octanol–water partition coefficient (Wildman–Crippen LogP) is 3.00. The summed E-state index contributed by atoms with van der Waals surface area (Å²) in [6, 6.07) is 18.1. The van der Waals surface area contributed by atoms with E-state index in [0.717, 1.165) is 5.56 Å². The van der Waals surface area contributed by atoms with Gasteiger partial charge in [-0.25, -0.2) is 0 Å². The smallest absolute Gasteiger partial charge is 0.224 e. The number of carbonyl (C=O) groups excluding carboxylic acids is 1. The monoisotopic (exact) mass is 275 g/mol. The highest BCUT2D eigenvalue weighted by molar-refractivity contribution is 5.91. The Morgan fingerprint density at radius 2 is 1.71 bits per heavy atom. The number of nitrogens with one attached hydrogen (secondary N) is 1.